The number of nitrogens with zero attached hydrogens (tertiary/aromatic N) is 2. The highest BCUT2D eigenvalue weighted by Crippen LogP contribution is 2.39. The van der Waals surface area contributed by atoms with Crippen LogP contribution >= 0.6 is 21.5 Å². The lowest BCUT2D eigenvalue weighted by Crippen LogP contribution is -2.57. The van der Waals surface area contributed by atoms with Gasteiger partial charge in [-0.25, -0.2) is 7.86 Å². The summed E-state index contributed by atoms with van der Waals surface area (Å²) in [7, 11) is 1.88. The molecular formula is C26H32IN5O5. The zero-order chi connectivity index (χ0) is 26.9. The molecule has 2 aromatic carbocycles. The molecule has 37 heavy (non-hydrogen) atoms. The summed E-state index contributed by atoms with van der Waals surface area (Å²) >= 11 is -1.86. The van der Waals surface area contributed by atoms with Crippen LogP contribution in [-0.2, 0) is 7.86 Å². The summed E-state index contributed by atoms with van der Waals surface area (Å²) in [6.45, 7) is 6.67. The summed E-state index contributed by atoms with van der Waals surface area (Å²) < 4.78 is 11.7. The van der Waals surface area contributed by atoms with Crippen molar-refractivity contribution in [2.24, 2.45) is 5.92 Å². The van der Waals surface area contributed by atoms with Gasteiger partial charge in [0, 0.05) is 36.9 Å². The van der Waals surface area contributed by atoms with Gasteiger partial charge in [-0.1, -0.05) is 12.1 Å². The van der Waals surface area contributed by atoms with Crippen molar-refractivity contribution in [1.82, 2.24) is 15.5 Å². The average Bonchev–Trinajstić information content (AvgIpc) is 2.87. The molecule has 2 aliphatic heterocycles. The Morgan fingerprint density at radius 1 is 1.14 bits per heavy atom. The van der Waals surface area contributed by atoms with Gasteiger partial charge < -0.3 is 15.5 Å². The Bertz CT molecular complexity index is 1240. The Morgan fingerprint density at radius 3 is 2.59 bits per heavy atom. The van der Waals surface area contributed by atoms with E-state index in [1.54, 1.807) is 25.1 Å². The minimum Gasteiger partial charge on any atom is -0.342 e. The third kappa shape index (κ3) is 5.83. The number of piperidine rings is 2. The zero-order valence-corrected chi connectivity index (χ0v) is 23.4. The average molecular weight is 621 g/mol. The maximum absolute atomic E-state index is 13.3. The normalized spacial score (nSPS) is 23.3. The number of anilines is 2. The molecule has 0 aliphatic carbocycles. The van der Waals surface area contributed by atoms with E-state index in [2.05, 4.69) is 22.9 Å². The summed E-state index contributed by atoms with van der Waals surface area (Å²) in [5.41, 5.74) is 3.32. The van der Waals surface area contributed by atoms with Crippen LogP contribution in [0.4, 0.5) is 16.2 Å². The number of aryl methyl sites for hydroxylation is 2. The number of benzene rings is 2. The highest BCUT2D eigenvalue weighted by Gasteiger charge is 2.43. The van der Waals surface area contributed by atoms with Crippen LogP contribution in [0.3, 0.4) is 0 Å². The fourth-order valence-corrected chi connectivity index (χ4v) is 6.06. The fourth-order valence-electron chi connectivity index (χ4n) is 5.33. The minimum atomic E-state index is -1.86. The molecule has 0 bridgehead atoms. The summed E-state index contributed by atoms with van der Waals surface area (Å²) in [6, 6.07) is 9.78. The van der Waals surface area contributed by atoms with E-state index < -0.39 is 33.4 Å². The number of likely N-dealkylation sites (N-methyl/N-ethyl adjacent to an activating group) is 1. The zero-order valence-electron chi connectivity index (χ0n) is 21.2. The van der Waals surface area contributed by atoms with Crippen molar-refractivity contribution in [3.05, 3.63) is 58.7 Å². The fraction of sp³-hybridized carbons (Fsp3) is 0.423. The van der Waals surface area contributed by atoms with Crippen LogP contribution in [-0.4, -0.2) is 53.6 Å². The quantitative estimate of drug-likeness (QED) is 0.226. The molecule has 4 N–H and O–H groups in total. The number of amides is 4. The van der Waals surface area contributed by atoms with Crippen molar-refractivity contribution >= 4 is 50.7 Å². The smallest absolute Gasteiger partial charge is 0.326 e. The Kier molecular flexibility index (Phi) is 8.24. The van der Waals surface area contributed by atoms with E-state index in [9.17, 15) is 22.7 Å². The second-order valence-electron chi connectivity index (χ2n) is 9.92. The van der Waals surface area contributed by atoms with Gasteiger partial charge in [0.2, 0.25) is 5.91 Å². The van der Waals surface area contributed by atoms with Crippen molar-refractivity contribution in [3.8, 4) is 0 Å². The number of hydrogen-bond donors (Lipinski definition) is 4. The molecular weight excluding hydrogens is 589 g/mol. The van der Waals surface area contributed by atoms with E-state index in [-0.39, 0.29) is 29.1 Å². The highest BCUT2D eigenvalue weighted by atomic mass is 127. The van der Waals surface area contributed by atoms with Crippen molar-refractivity contribution in [1.29, 1.82) is 0 Å². The lowest BCUT2D eigenvalue weighted by Gasteiger charge is -2.47. The van der Waals surface area contributed by atoms with Crippen LogP contribution in [0.1, 0.15) is 52.7 Å². The lowest BCUT2D eigenvalue weighted by atomic mass is 9.75. The van der Waals surface area contributed by atoms with E-state index in [1.807, 2.05) is 24.9 Å². The largest absolute Gasteiger partial charge is 0.342 e. The van der Waals surface area contributed by atoms with Crippen LogP contribution in [0.5, 0.6) is 0 Å². The van der Waals surface area contributed by atoms with Crippen LogP contribution in [0, 0.1) is 19.8 Å². The first-order valence-corrected chi connectivity index (χ1v) is 14.0. The molecule has 2 fully saturated rings. The molecule has 0 aromatic heterocycles. The van der Waals surface area contributed by atoms with E-state index in [0.29, 0.717) is 26.5 Å². The molecule has 2 aromatic rings. The van der Waals surface area contributed by atoms with E-state index in [1.165, 1.54) is 12.1 Å². The Balaban J connectivity index is 1.47. The first-order chi connectivity index (χ1) is 17.6. The number of hydrogen-bond acceptors (Lipinski definition) is 6. The van der Waals surface area contributed by atoms with Crippen molar-refractivity contribution < 1.29 is 22.7 Å². The van der Waals surface area contributed by atoms with Gasteiger partial charge >= 0.3 is 6.03 Å². The van der Waals surface area contributed by atoms with Crippen molar-refractivity contribution in [2.45, 2.75) is 51.6 Å². The molecule has 11 heteroatoms. The van der Waals surface area contributed by atoms with Gasteiger partial charge in [0.05, 0.1) is 11.6 Å². The monoisotopic (exact) mass is 621 g/mol. The predicted molar refractivity (Wildman–Crippen MR) is 147 cm³/mol. The maximum Gasteiger partial charge on any atom is 0.326 e. The van der Waals surface area contributed by atoms with Gasteiger partial charge in [0.1, 0.15) is 0 Å². The lowest BCUT2D eigenvalue weighted by molar-refractivity contribution is -0.140. The molecule has 0 spiro atoms. The number of urea groups is 1. The number of rotatable bonds is 5. The molecule has 10 nitrogen and oxygen atoms in total. The summed E-state index contributed by atoms with van der Waals surface area (Å²) in [6.07, 6.45) is 1.68. The molecule has 4 amide bonds. The summed E-state index contributed by atoms with van der Waals surface area (Å²) in [5.74, 6) is -0.524. The maximum atomic E-state index is 13.3. The molecule has 2 saturated heterocycles. The van der Waals surface area contributed by atoms with E-state index in [0.717, 1.165) is 30.5 Å². The third-order valence-corrected chi connectivity index (χ3v) is 8.32. The van der Waals surface area contributed by atoms with Crippen molar-refractivity contribution in [3.63, 3.8) is 0 Å². The van der Waals surface area contributed by atoms with Gasteiger partial charge in [-0.15, -0.1) is 0 Å². The third-order valence-electron chi connectivity index (χ3n) is 7.42. The molecule has 2 heterocycles. The molecule has 0 radical (unpaired) electrons. The standard InChI is InChI=1S/C26H32IN5O5/c1-14-6-8-19(12-20(14)21-10-18-13-28-16(3)9-23(18)31(4)25(21)34)29-26(35)30-24(33)17-7-5-15(2)22(11-17)32(37)27-36/h5-8,11-12,16,18,21,23,28,37H,9-10,13H2,1-4H3,(H2,29,30,33,35). The van der Waals surface area contributed by atoms with Gasteiger partial charge in [-0.2, -0.15) is 3.28 Å². The molecule has 4 rings (SSSR count). The van der Waals surface area contributed by atoms with Crippen LogP contribution in [0.15, 0.2) is 36.4 Å². The predicted octanol–water partition coefficient (Wildman–Crippen LogP) is 4.00. The van der Waals surface area contributed by atoms with E-state index in [4.69, 9.17) is 0 Å². The summed E-state index contributed by atoms with van der Waals surface area (Å²) in [5, 5.41) is 18.3. The minimum absolute atomic E-state index is 0.0869. The van der Waals surface area contributed by atoms with E-state index >= 15 is 0 Å². The second kappa shape index (κ2) is 11.2. The first kappa shape index (κ1) is 27.1. The topological polar surface area (TPSA) is 131 Å². The number of halogens is 1. The van der Waals surface area contributed by atoms with Gasteiger partial charge in [0.25, 0.3) is 27.4 Å². The number of likely N-dealkylation sites (tertiary alicyclic amines) is 1. The second-order valence-corrected chi connectivity index (χ2v) is 11.2. The van der Waals surface area contributed by atoms with Crippen LogP contribution in [0.25, 0.3) is 0 Å². The van der Waals surface area contributed by atoms with Crippen molar-refractivity contribution in [2.75, 3.05) is 22.2 Å². The molecule has 2 aliphatic rings. The molecule has 0 saturated carbocycles. The Labute approximate surface area is 226 Å². The Morgan fingerprint density at radius 2 is 1.86 bits per heavy atom. The molecule has 4 atom stereocenters. The number of carbonyl (C=O) groups is 3. The number of imide groups is 1. The van der Waals surface area contributed by atoms with Gasteiger partial charge in [-0.05, 0) is 80.5 Å². The van der Waals surface area contributed by atoms with Gasteiger partial charge in [-0.3, -0.25) is 20.1 Å². The van der Waals surface area contributed by atoms with Crippen LogP contribution < -0.4 is 19.2 Å². The van der Waals surface area contributed by atoms with Crippen LogP contribution in [0.2, 0.25) is 0 Å². The number of fused-ring (bicyclic) bond motifs is 1. The first-order valence-electron chi connectivity index (χ1n) is 12.2. The number of carbonyl (C=O) groups excluding carboxylic acids is 3. The Hall–Kier alpha value is -2.90. The SMILES string of the molecule is Cc1ccc(NC(=O)NC(=O)c2ccc(C)c(N(O)I=O)c2)cc1C1CC2CNC(C)CC2N(C)C1=O. The van der Waals surface area contributed by atoms with Gasteiger partial charge in [0.15, 0.2) is 0 Å². The molecule has 198 valence electrons. The number of nitrogens with one attached hydrogen (secondary N) is 3. The summed E-state index contributed by atoms with van der Waals surface area (Å²) in [4.78, 5) is 40.4. The highest BCUT2D eigenvalue weighted by molar-refractivity contribution is 14.1. The molecule has 4 unspecified atom stereocenters.